The van der Waals surface area contributed by atoms with Crippen molar-refractivity contribution in [3.63, 3.8) is 0 Å². The molecule has 0 bridgehead atoms. The third-order valence-electron chi connectivity index (χ3n) is 1.98. The van der Waals surface area contributed by atoms with E-state index in [1.807, 2.05) is 0 Å². The van der Waals surface area contributed by atoms with Gasteiger partial charge in [-0.15, -0.1) is 0 Å². The summed E-state index contributed by atoms with van der Waals surface area (Å²) in [6.45, 7) is 2.30. The van der Waals surface area contributed by atoms with Crippen molar-refractivity contribution in [3.8, 4) is 0 Å². The maximum absolute atomic E-state index is 2.30. The molecule has 0 nitrogen and oxygen atoms in total. The lowest BCUT2D eigenvalue weighted by Crippen LogP contribution is -1.82. The summed E-state index contributed by atoms with van der Waals surface area (Å²) in [5.74, 6) is 4.24. The Bertz CT molecular complexity index is 76.0. The van der Waals surface area contributed by atoms with Crippen LogP contribution in [0.15, 0.2) is 0 Å². The summed E-state index contributed by atoms with van der Waals surface area (Å²) >= 11 is 4.17. The SMILES string of the molecule is C1CCSC1.CC1CCCS1. The molecular weight excluding hydrogens is 172 g/mol. The van der Waals surface area contributed by atoms with Crippen LogP contribution in [0.2, 0.25) is 0 Å². The van der Waals surface area contributed by atoms with E-state index < -0.39 is 0 Å². The number of hydrogen-bond donors (Lipinski definition) is 0. The first kappa shape index (κ1) is 9.79. The molecule has 0 aromatic rings. The third kappa shape index (κ3) is 5.02. The molecule has 1 unspecified atom stereocenters. The molecule has 0 radical (unpaired) electrons. The molecule has 66 valence electrons. The molecular formula is C9H18S2. The molecule has 0 saturated carbocycles. The van der Waals surface area contributed by atoms with Gasteiger partial charge in [-0.25, -0.2) is 0 Å². The Hall–Kier alpha value is 0.700. The standard InChI is InChI=1S/C5H10S.C4H8S/c1-5-3-2-4-6-5;1-2-4-5-3-1/h5H,2-4H2,1H3;1-4H2. The second kappa shape index (κ2) is 6.24. The van der Waals surface area contributed by atoms with Crippen LogP contribution >= 0.6 is 23.5 Å². The predicted octanol–water partition coefficient (Wildman–Crippen LogP) is 3.42. The monoisotopic (exact) mass is 190 g/mol. The van der Waals surface area contributed by atoms with Crippen LogP contribution in [0, 0.1) is 0 Å². The zero-order valence-corrected chi connectivity index (χ0v) is 8.98. The summed E-state index contributed by atoms with van der Waals surface area (Å²) in [5, 5.41) is 0.963. The molecule has 0 N–H and O–H groups in total. The highest BCUT2D eigenvalue weighted by Gasteiger charge is 2.07. The summed E-state index contributed by atoms with van der Waals surface area (Å²) in [5.41, 5.74) is 0. The van der Waals surface area contributed by atoms with Gasteiger partial charge < -0.3 is 0 Å². The van der Waals surface area contributed by atoms with Crippen LogP contribution in [0.5, 0.6) is 0 Å². The van der Waals surface area contributed by atoms with Gasteiger partial charge in [0.05, 0.1) is 0 Å². The molecule has 0 aromatic heterocycles. The average Bonchev–Trinajstić information content (AvgIpc) is 2.57. The molecule has 0 spiro atoms. The maximum Gasteiger partial charge on any atom is 0.00190 e. The summed E-state index contributed by atoms with van der Waals surface area (Å²) in [6.07, 6.45) is 5.83. The fourth-order valence-corrected chi connectivity index (χ4v) is 3.34. The minimum absolute atomic E-state index is 0.963. The summed E-state index contributed by atoms with van der Waals surface area (Å²) < 4.78 is 0. The summed E-state index contributed by atoms with van der Waals surface area (Å²) in [6, 6.07) is 0. The Morgan fingerprint density at radius 2 is 1.73 bits per heavy atom. The molecule has 2 fully saturated rings. The Morgan fingerprint density at radius 1 is 1.00 bits per heavy atom. The van der Waals surface area contributed by atoms with Gasteiger partial charge in [-0.1, -0.05) is 6.92 Å². The highest BCUT2D eigenvalue weighted by Crippen LogP contribution is 2.24. The van der Waals surface area contributed by atoms with Gasteiger partial charge in [-0.2, -0.15) is 23.5 Å². The molecule has 2 aliphatic rings. The zero-order valence-electron chi connectivity index (χ0n) is 7.34. The van der Waals surface area contributed by atoms with E-state index in [9.17, 15) is 0 Å². The molecule has 0 amide bonds. The van der Waals surface area contributed by atoms with E-state index >= 15 is 0 Å². The Morgan fingerprint density at radius 3 is 1.91 bits per heavy atom. The molecule has 2 saturated heterocycles. The molecule has 2 aliphatic heterocycles. The normalized spacial score (nSPS) is 29.7. The first-order valence-corrected chi connectivity index (χ1v) is 6.79. The minimum atomic E-state index is 0.963. The van der Waals surface area contributed by atoms with Crippen molar-refractivity contribution in [2.24, 2.45) is 0 Å². The fourth-order valence-electron chi connectivity index (χ4n) is 1.25. The number of thioether (sulfide) groups is 2. The lowest BCUT2D eigenvalue weighted by Gasteiger charge is -1.91. The Kier molecular flexibility index (Phi) is 5.55. The van der Waals surface area contributed by atoms with Gasteiger partial charge in [0.2, 0.25) is 0 Å². The molecule has 0 aromatic carbocycles. The van der Waals surface area contributed by atoms with Crippen LogP contribution in [-0.2, 0) is 0 Å². The second-order valence-electron chi connectivity index (χ2n) is 3.14. The van der Waals surface area contributed by atoms with Gasteiger partial charge in [0.25, 0.3) is 0 Å². The zero-order chi connectivity index (χ0) is 7.94. The van der Waals surface area contributed by atoms with E-state index in [-0.39, 0.29) is 0 Å². The van der Waals surface area contributed by atoms with E-state index in [1.165, 1.54) is 42.9 Å². The largest absolute Gasteiger partial charge is 0.162 e. The third-order valence-corrected chi connectivity index (χ3v) is 4.47. The van der Waals surface area contributed by atoms with Crippen LogP contribution in [-0.4, -0.2) is 22.5 Å². The summed E-state index contributed by atoms with van der Waals surface area (Å²) in [4.78, 5) is 0. The Labute approximate surface area is 78.9 Å². The fraction of sp³-hybridized carbons (Fsp3) is 1.00. The van der Waals surface area contributed by atoms with Gasteiger partial charge in [0, 0.05) is 5.25 Å². The van der Waals surface area contributed by atoms with Gasteiger partial charge >= 0.3 is 0 Å². The van der Waals surface area contributed by atoms with Crippen LogP contribution in [0.4, 0.5) is 0 Å². The first-order chi connectivity index (χ1) is 5.39. The van der Waals surface area contributed by atoms with Gasteiger partial charge in [0.1, 0.15) is 0 Å². The van der Waals surface area contributed by atoms with Crippen LogP contribution < -0.4 is 0 Å². The van der Waals surface area contributed by atoms with Gasteiger partial charge in [-0.3, -0.25) is 0 Å². The molecule has 2 rings (SSSR count). The van der Waals surface area contributed by atoms with Crippen molar-refractivity contribution in [1.82, 2.24) is 0 Å². The lowest BCUT2D eigenvalue weighted by molar-refractivity contribution is 0.838. The van der Waals surface area contributed by atoms with Crippen molar-refractivity contribution in [2.75, 3.05) is 17.3 Å². The summed E-state index contributed by atoms with van der Waals surface area (Å²) in [7, 11) is 0. The Balaban J connectivity index is 0.000000112. The smallest absolute Gasteiger partial charge is 0.00190 e. The highest BCUT2D eigenvalue weighted by atomic mass is 32.2. The average molecular weight is 190 g/mol. The predicted molar refractivity (Wildman–Crippen MR) is 57.7 cm³/mol. The van der Waals surface area contributed by atoms with Crippen molar-refractivity contribution < 1.29 is 0 Å². The van der Waals surface area contributed by atoms with E-state index in [4.69, 9.17) is 0 Å². The van der Waals surface area contributed by atoms with Gasteiger partial charge in [0.15, 0.2) is 0 Å². The molecule has 1 atom stereocenters. The van der Waals surface area contributed by atoms with Crippen molar-refractivity contribution in [2.45, 2.75) is 37.9 Å². The van der Waals surface area contributed by atoms with E-state index in [2.05, 4.69) is 30.4 Å². The van der Waals surface area contributed by atoms with Crippen LogP contribution in [0.1, 0.15) is 32.6 Å². The number of hydrogen-bond acceptors (Lipinski definition) is 2. The van der Waals surface area contributed by atoms with E-state index in [1.54, 1.807) is 0 Å². The van der Waals surface area contributed by atoms with Crippen molar-refractivity contribution >= 4 is 23.5 Å². The van der Waals surface area contributed by atoms with Gasteiger partial charge in [-0.05, 0) is 42.9 Å². The molecule has 2 heteroatoms. The van der Waals surface area contributed by atoms with Crippen molar-refractivity contribution in [1.29, 1.82) is 0 Å². The lowest BCUT2D eigenvalue weighted by atomic mass is 10.3. The maximum atomic E-state index is 2.30. The molecule has 0 aliphatic carbocycles. The van der Waals surface area contributed by atoms with Crippen molar-refractivity contribution in [3.05, 3.63) is 0 Å². The van der Waals surface area contributed by atoms with Crippen LogP contribution in [0.25, 0.3) is 0 Å². The van der Waals surface area contributed by atoms with E-state index in [0.29, 0.717) is 0 Å². The topological polar surface area (TPSA) is 0 Å². The minimum Gasteiger partial charge on any atom is -0.162 e. The number of rotatable bonds is 0. The first-order valence-electron chi connectivity index (χ1n) is 4.59. The quantitative estimate of drug-likeness (QED) is 0.574. The molecule has 2 heterocycles. The second-order valence-corrected chi connectivity index (χ2v) is 5.91. The van der Waals surface area contributed by atoms with E-state index in [0.717, 1.165) is 5.25 Å². The highest BCUT2D eigenvalue weighted by molar-refractivity contribution is 8.00. The molecule has 11 heavy (non-hydrogen) atoms. The van der Waals surface area contributed by atoms with Crippen LogP contribution in [0.3, 0.4) is 0 Å².